The van der Waals surface area contributed by atoms with Gasteiger partial charge in [-0.1, -0.05) is 54.6 Å². The number of aromatic hydroxyl groups is 1. The number of hydrogen-bond donors (Lipinski definition) is 2. The van der Waals surface area contributed by atoms with Crippen LogP contribution in [0.5, 0.6) is 5.75 Å². The van der Waals surface area contributed by atoms with Crippen LogP contribution in [0.1, 0.15) is 30.5 Å². The van der Waals surface area contributed by atoms with E-state index in [9.17, 15) is 19.5 Å². The van der Waals surface area contributed by atoms with Gasteiger partial charge in [0.15, 0.2) is 0 Å². The summed E-state index contributed by atoms with van der Waals surface area (Å²) in [7, 11) is 1.72. The van der Waals surface area contributed by atoms with Gasteiger partial charge >= 0.3 is 6.03 Å². The first kappa shape index (κ1) is 29.9. The van der Waals surface area contributed by atoms with Crippen LogP contribution in [0.15, 0.2) is 78.9 Å². The molecular weight excluding hydrogens is 544 g/mol. The SMILES string of the molecule is CCN(CC)c1cccc(CN2C[C@H]3N(C(=O)CN(C)N3C(=O)NCc3ccccc3)[C@@H](Cc3ccc(O)cc3)C2=O)c1. The van der Waals surface area contributed by atoms with E-state index in [1.807, 2.05) is 42.5 Å². The third kappa shape index (κ3) is 6.59. The maximum atomic E-state index is 14.1. The number of amides is 4. The van der Waals surface area contributed by atoms with Crippen molar-refractivity contribution in [2.75, 3.05) is 38.1 Å². The summed E-state index contributed by atoms with van der Waals surface area (Å²) in [6.45, 7) is 6.80. The molecule has 0 radical (unpaired) electrons. The fourth-order valence-electron chi connectivity index (χ4n) is 6.02. The van der Waals surface area contributed by atoms with Crippen molar-refractivity contribution in [3.8, 4) is 5.75 Å². The van der Waals surface area contributed by atoms with E-state index in [2.05, 4.69) is 36.2 Å². The molecule has 2 atom stereocenters. The molecule has 0 bridgehead atoms. The predicted molar refractivity (Wildman–Crippen MR) is 165 cm³/mol. The van der Waals surface area contributed by atoms with Crippen molar-refractivity contribution in [2.24, 2.45) is 0 Å². The number of fused-ring (bicyclic) bond motifs is 1. The van der Waals surface area contributed by atoms with Gasteiger partial charge in [-0.2, -0.15) is 0 Å². The van der Waals surface area contributed by atoms with Crippen molar-refractivity contribution >= 4 is 23.5 Å². The van der Waals surface area contributed by atoms with E-state index in [1.54, 1.807) is 51.1 Å². The summed E-state index contributed by atoms with van der Waals surface area (Å²) in [6, 6.07) is 23.3. The van der Waals surface area contributed by atoms with E-state index >= 15 is 0 Å². The summed E-state index contributed by atoms with van der Waals surface area (Å²) >= 11 is 0. The van der Waals surface area contributed by atoms with Crippen molar-refractivity contribution < 1.29 is 19.5 Å². The number of hydrogen-bond acceptors (Lipinski definition) is 6. The minimum absolute atomic E-state index is 0.0273. The highest BCUT2D eigenvalue weighted by atomic mass is 16.3. The first-order valence-corrected chi connectivity index (χ1v) is 14.8. The molecular formula is C33H40N6O4. The van der Waals surface area contributed by atoms with Crippen LogP contribution in [0, 0.1) is 0 Å². The normalized spacial score (nSPS) is 18.9. The van der Waals surface area contributed by atoms with Gasteiger partial charge in [0, 0.05) is 45.3 Å². The molecule has 10 nitrogen and oxygen atoms in total. The Labute approximate surface area is 253 Å². The van der Waals surface area contributed by atoms with Crippen LogP contribution >= 0.6 is 0 Å². The smallest absolute Gasteiger partial charge is 0.334 e. The van der Waals surface area contributed by atoms with E-state index in [0.29, 0.717) is 13.1 Å². The lowest BCUT2D eigenvalue weighted by molar-refractivity contribution is -0.187. The van der Waals surface area contributed by atoms with Gasteiger partial charge in [-0.05, 0) is 54.8 Å². The number of benzene rings is 3. The second-order valence-corrected chi connectivity index (χ2v) is 11.0. The van der Waals surface area contributed by atoms with Crippen LogP contribution in [0.2, 0.25) is 0 Å². The Bertz CT molecular complexity index is 1430. The van der Waals surface area contributed by atoms with Gasteiger partial charge in [-0.15, -0.1) is 0 Å². The molecule has 0 aromatic heterocycles. The molecule has 0 unspecified atom stereocenters. The van der Waals surface area contributed by atoms with Crippen LogP contribution in [0.25, 0.3) is 0 Å². The summed E-state index contributed by atoms with van der Waals surface area (Å²) in [5, 5.41) is 16.0. The van der Waals surface area contributed by atoms with Crippen molar-refractivity contribution in [2.45, 2.75) is 45.6 Å². The summed E-state index contributed by atoms with van der Waals surface area (Å²) in [5.41, 5.74) is 3.84. The Morgan fingerprint density at radius 3 is 2.33 bits per heavy atom. The molecule has 2 N–H and O–H groups in total. The molecule has 4 amide bonds. The number of nitrogens with zero attached hydrogens (tertiary/aromatic N) is 5. The third-order valence-electron chi connectivity index (χ3n) is 8.21. The third-order valence-corrected chi connectivity index (χ3v) is 8.21. The van der Waals surface area contributed by atoms with Crippen molar-refractivity contribution in [1.82, 2.24) is 25.1 Å². The highest BCUT2D eigenvalue weighted by molar-refractivity contribution is 5.91. The quantitative estimate of drug-likeness (QED) is 0.400. The van der Waals surface area contributed by atoms with Crippen molar-refractivity contribution in [1.29, 1.82) is 0 Å². The molecule has 3 aromatic carbocycles. The molecule has 2 fully saturated rings. The van der Waals surface area contributed by atoms with Gasteiger partial charge in [0.05, 0.1) is 13.1 Å². The Balaban J connectivity index is 1.46. The minimum Gasteiger partial charge on any atom is -0.508 e. The van der Waals surface area contributed by atoms with E-state index in [1.165, 1.54) is 0 Å². The summed E-state index contributed by atoms with van der Waals surface area (Å²) in [6.07, 6.45) is -0.423. The molecule has 2 aliphatic rings. The first-order valence-electron chi connectivity index (χ1n) is 14.8. The summed E-state index contributed by atoms with van der Waals surface area (Å²) < 4.78 is 0. The molecule has 226 valence electrons. The maximum absolute atomic E-state index is 14.1. The molecule has 5 rings (SSSR count). The zero-order valence-electron chi connectivity index (χ0n) is 25.0. The van der Waals surface area contributed by atoms with Gasteiger partial charge in [0.2, 0.25) is 11.8 Å². The van der Waals surface area contributed by atoms with Gasteiger partial charge in [-0.3, -0.25) is 9.59 Å². The van der Waals surface area contributed by atoms with Gasteiger partial charge in [0.1, 0.15) is 18.0 Å². The van der Waals surface area contributed by atoms with Gasteiger partial charge in [0.25, 0.3) is 0 Å². The Hall–Kier alpha value is -4.57. The standard InChI is InChI=1S/C33H40N6O4/c1-4-36(5-2)27-13-9-12-26(18-27)21-37-22-30-38(29(32(37)42)19-24-14-16-28(40)17-15-24)31(41)23-35(3)39(30)33(43)34-20-25-10-7-6-8-11-25/h6-18,29-30,40H,4-5,19-23H2,1-3H3,(H,34,43)/t29-,30-/m0/s1. The largest absolute Gasteiger partial charge is 0.508 e. The highest BCUT2D eigenvalue weighted by Gasteiger charge is 2.50. The number of carbonyl (C=O) groups is 3. The number of likely N-dealkylation sites (N-methyl/N-ethyl adjacent to an activating group) is 1. The van der Waals surface area contributed by atoms with Crippen LogP contribution in [-0.4, -0.2) is 88.2 Å². The Morgan fingerprint density at radius 2 is 1.63 bits per heavy atom. The predicted octanol–water partition coefficient (Wildman–Crippen LogP) is 3.42. The fourth-order valence-corrected chi connectivity index (χ4v) is 6.02. The number of anilines is 1. The minimum atomic E-state index is -0.806. The number of nitrogens with one attached hydrogen (secondary N) is 1. The fraction of sp³-hybridized carbons (Fsp3) is 0.364. The number of phenols is 1. The number of piperazine rings is 1. The molecule has 43 heavy (non-hydrogen) atoms. The summed E-state index contributed by atoms with van der Waals surface area (Å²) in [5.74, 6) is -0.247. The maximum Gasteiger partial charge on any atom is 0.334 e. The topological polar surface area (TPSA) is 99.7 Å². The first-order chi connectivity index (χ1) is 20.8. The Kier molecular flexibility index (Phi) is 9.16. The van der Waals surface area contributed by atoms with Gasteiger partial charge in [-0.25, -0.2) is 14.8 Å². The molecule has 10 heteroatoms. The molecule has 0 saturated carbocycles. The average Bonchev–Trinajstić information content (AvgIpc) is 3.00. The van der Waals surface area contributed by atoms with Crippen LogP contribution in [-0.2, 0) is 29.1 Å². The Morgan fingerprint density at radius 1 is 0.930 bits per heavy atom. The molecule has 2 aliphatic heterocycles. The molecule has 0 spiro atoms. The zero-order valence-corrected chi connectivity index (χ0v) is 25.0. The monoisotopic (exact) mass is 584 g/mol. The van der Waals surface area contributed by atoms with E-state index in [4.69, 9.17) is 0 Å². The van der Waals surface area contributed by atoms with Gasteiger partial charge < -0.3 is 25.1 Å². The number of carbonyl (C=O) groups excluding carboxylic acids is 3. The van der Waals surface area contributed by atoms with Crippen LogP contribution in [0.4, 0.5) is 10.5 Å². The number of urea groups is 1. The molecule has 3 aromatic rings. The second-order valence-electron chi connectivity index (χ2n) is 11.0. The van der Waals surface area contributed by atoms with Crippen LogP contribution < -0.4 is 10.2 Å². The van der Waals surface area contributed by atoms with E-state index < -0.39 is 12.2 Å². The average molecular weight is 585 g/mol. The number of phenolic OH excluding ortho intramolecular Hbond substituents is 1. The highest BCUT2D eigenvalue weighted by Crippen LogP contribution is 2.29. The zero-order chi connectivity index (χ0) is 30.5. The van der Waals surface area contributed by atoms with E-state index in [0.717, 1.165) is 35.5 Å². The number of hydrazine groups is 1. The lowest BCUT2D eigenvalue weighted by Crippen LogP contribution is -2.76. The van der Waals surface area contributed by atoms with E-state index in [-0.39, 0.29) is 43.1 Å². The van der Waals surface area contributed by atoms with Crippen LogP contribution in [0.3, 0.4) is 0 Å². The summed E-state index contributed by atoms with van der Waals surface area (Å²) in [4.78, 5) is 47.0. The number of rotatable bonds is 9. The molecule has 0 aliphatic carbocycles. The molecule has 2 saturated heterocycles. The second kappa shape index (κ2) is 13.2. The lowest BCUT2D eigenvalue weighted by Gasteiger charge is -2.54. The van der Waals surface area contributed by atoms with Crippen molar-refractivity contribution in [3.63, 3.8) is 0 Å². The lowest BCUT2D eigenvalue weighted by atomic mass is 9.98. The van der Waals surface area contributed by atoms with Crippen molar-refractivity contribution in [3.05, 3.63) is 95.6 Å². The molecule has 2 heterocycles.